The fourth-order valence-corrected chi connectivity index (χ4v) is 2.09. The number of nitrogens with one attached hydrogen (secondary N) is 1. The molecule has 0 bridgehead atoms. The Morgan fingerprint density at radius 2 is 2.26 bits per heavy atom. The largest absolute Gasteiger partial charge is 0.349 e. The molecule has 0 aliphatic heterocycles. The van der Waals surface area contributed by atoms with Crippen molar-refractivity contribution in [1.82, 2.24) is 19.9 Å². The summed E-state index contributed by atoms with van der Waals surface area (Å²) in [5.41, 5.74) is 2.16. The van der Waals surface area contributed by atoms with Crippen LogP contribution in [0.25, 0.3) is 16.6 Å². The highest BCUT2D eigenvalue weighted by Crippen LogP contribution is 2.20. The van der Waals surface area contributed by atoms with E-state index in [0.29, 0.717) is 17.8 Å². The van der Waals surface area contributed by atoms with E-state index in [2.05, 4.69) is 22.1 Å². The summed E-state index contributed by atoms with van der Waals surface area (Å²) in [5.74, 6) is -0.137. The highest BCUT2D eigenvalue weighted by molar-refractivity contribution is 6.07. The molecule has 19 heavy (non-hydrogen) atoms. The van der Waals surface area contributed by atoms with Gasteiger partial charge in [-0.1, -0.05) is 24.3 Å². The molecular formula is C14H12N4O. The lowest BCUT2D eigenvalue weighted by Crippen LogP contribution is -2.23. The third-order valence-corrected chi connectivity index (χ3v) is 2.95. The summed E-state index contributed by atoms with van der Waals surface area (Å²) in [7, 11) is 0. The molecule has 0 fully saturated rings. The van der Waals surface area contributed by atoms with Gasteiger partial charge in [0, 0.05) is 11.9 Å². The van der Waals surface area contributed by atoms with Gasteiger partial charge in [-0.2, -0.15) is 0 Å². The maximum Gasteiger partial charge on any atom is 0.252 e. The summed E-state index contributed by atoms with van der Waals surface area (Å²) >= 11 is 0. The number of pyridine rings is 1. The highest BCUT2D eigenvalue weighted by atomic mass is 16.1. The van der Waals surface area contributed by atoms with Gasteiger partial charge in [-0.3, -0.25) is 9.20 Å². The van der Waals surface area contributed by atoms with Crippen molar-refractivity contribution in [1.29, 1.82) is 0 Å². The van der Waals surface area contributed by atoms with E-state index in [9.17, 15) is 4.79 Å². The smallest absolute Gasteiger partial charge is 0.252 e. The molecule has 0 aliphatic rings. The molecule has 0 saturated heterocycles. The second-order valence-electron chi connectivity index (χ2n) is 4.13. The Morgan fingerprint density at radius 3 is 3.11 bits per heavy atom. The van der Waals surface area contributed by atoms with Crippen LogP contribution in [0.4, 0.5) is 0 Å². The molecule has 0 spiro atoms. The first-order valence-corrected chi connectivity index (χ1v) is 5.92. The molecule has 2 heterocycles. The monoisotopic (exact) mass is 252 g/mol. The number of rotatable bonds is 3. The number of aromatic nitrogens is 3. The summed E-state index contributed by atoms with van der Waals surface area (Å²) in [6.07, 6.45) is 3.29. The molecule has 5 heteroatoms. The Bertz CT molecular complexity index is 775. The number of para-hydroxylation sites is 1. The van der Waals surface area contributed by atoms with Gasteiger partial charge in [0.1, 0.15) is 6.33 Å². The molecule has 1 N–H and O–H groups in total. The Hall–Kier alpha value is -2.69. The van der Waals surface area contributed by atoms with Gasteiger partial charge < -0.3 is 5.32 Å². The van der Waals surface area contributed by atoms with E-state index in [-0.39, 0.29) is 5.91 Å². The number of carbonyl (C=O) groups is 1. The van der Waals surface area contributed by atoms with Crippen LogP contribution in [-0.4, -0.2) is 27.0 Å². The van der Waals surface area contributed by atoms with Crippen molar-refractivity contribution in [3.63, 3.8) is 0 Å². The first kappa shape index (κ1) is 11.4. The van der Waals surface area contributed by atoms with Crippen molar-refractivity contribution in [3.8, 4) is 0 Å². The zero-order chi connectivity index (χ0) is 13.2. The number of nitrogens with zero attached hydrogens (tertiary/aromatic N) is 3. The Labute approximate surface area is 109 Å². The van der Waals surface area contributed by atoms with Gasteiger partial charge in [0.15, 0.2) is 5.65 Å². The van der Waals surface area contributed by atoms with Crippen molar-refractivity contribution in [2.75, 3.05) is 6.54 Å². The Balaban J connectivity index is 2.26. The lowest BCUT2D eigenvalue weighted by molar-refractivity contribution is 0.0959. The third-order valence-electron chi connectivity index (χ3n) is 2.95. The van der Waals surface area contributed by atoms with Gasteiger partial charge in [0.2, 0.25) is 0 Å². The van der Waals surface area contributed by atoms with Gasteiger partial charge in [-0.05, 0) is 12.1 Å². The lowest BCUT2D eigenvalue weighted by atomic mass is 10.1. The standard InChI is InChI=1S/C14H12N4O/c1-2-7-15-14(19)11-8-13-17-16-9-18(13)12-6-4-3-5-10(11)12/h2-6,8-9H,1,7H2,(H,15,19). The molecule has 94 valence electrons. The van der Waals surface area contributed by atoms with Crippen molar-refractivity contribution in [2.45, 2.75) is 0 Å². The van der Waals surface area contributed by atoms with E-state index in [1.54, 1.807) is 18.5 Å². The average molecular weight is 252 g/mol. The predicted octanol–water partition coefficient (Wildman–Crippen LogP) is 1.80. The molecule has 0 saturated carbocycles. The first-order valence-electron chi connectivity index (χ1n) is 5.92. The van der Waals surface area contributed by atoms with E-state index in [0.717, 1.165) is 10.9 Å². The second kappa shape index (κ2) is 4.53. The molecule has 1 amide bonds. The number of hydrogen-bond acceptors (Lipinski definition) is 3. The van der Waals surface area contributed by atoms with Crippen LogP contribution >= 0.6 is 0 Å². The second-order valence-corrected chi connectivity index (χ2v) is 4.13. The summed E-state index contributed by atoms with van der Waals surface area (Å²) in [4.78, 5) is 12.2. The molecule has 0 aliphatic carbocycles. The Kier molecular flexibility index (Phi) is 2.72. The molecule has 0 unspecified atom stereocenters. The Morgan fingerprint density at radius 1 is 1.42 bits per heavy atom. The van der Waals surface area contributed by atoms with E-state index >= 15 is 0 Å². The van der Waals surface area contributed by atoms with Crippen LogP contribution in [0, 0.1) is 0 Å². The molecule has 1 aromatic carbocycles. The van der Waals surface area contributed by atoms with E-state index in [1.165, 1.54) is 0 Å². The van der Waals surface area contributed by atoms with Crippen LogP contribution in [0.15, 0.2) is 49.3 Å². The molecule has 0 radical (unpaired) electrons. The number of amides is 1. The van der Waals surface area contributed by atoms with Crippen molar-refractivity contribution >= 4 is 22.5 Å². The molecule has 2 aromatic heterocycles. The number of benzene rings is 1. The third kappa shape index (κ3) is 1.85. The van der Waals surface area contributed by atoms with E-state index < -0.39 is 0 Å². The van der Waals surface area contributed by atoms with Gasteiger partial charge in [-0.15, -0.1) is 16.8 Å². The zero-order valence-corrected chi connectivity index (χ0v) is 10.2. The number of hydrogen-bond donors (Lipinski definition) is 1. The quantitative estimate of drug-likeness (QED) is 0.723. The van der Waals surface area contributed by atoms with Crippen LogP contribution in [-0.2, 0) is 0 Å². The van der Waals surface area contributed by atoms with Crippen molar-refractivity contribution < 1.29 is 4.79 Å². The summed E-state index contributed by atoms with van der Waals surface area (Å²) in [6, 6.07) is 9.43. The van der Waals surface area contributed by atoms with Crippen molar-refractivity contribution in [3.05, 3.63) is 54.9 Å². The van der Waals surface area contributed by atoms with Crippen LogP contribution in [0.3, 0.4) is 0 Å². The number of fused-ring (bicyclic) bond motifs is 3. The zero-order valence-electron chi connectivity index (χ0n) is 10.2. The van der Waals surface area contributed by atoms with E-state index in [4.69, 9.17) is 0 Å². The minimum absolute atomic E-state index is 0.137. The fraction of sp³-hybridized carbons (Fsp3) is 0.0714. The van der Waals surface area contributed by atoms with Crippen LogP contribution in [0.2, 0.25) is 0 Å². The molecule has 3 aromatic rings. The SMILES string of the molecule is C=CCNC(=O)c1cc2nncn2c2ccccc12. The maximum absolute atomic E-state index is 12.2. The molecule has 5 nitrogen and oxygen atoms in total. The van der Waals surface area contributed by atoms with Gasteiger partial charge in [-0.25, -0.2) is 0 Å². The maximum atomic E-state index is 12.2. The average Bonchev–Trinajstić information content (AvgIpc) is 2.92. The minimum atomic E-state index is -0.137. The van der Waals surface area contributed by atoms with Gasteiger partial charge in [0.25, 0.3) is 5.91 Å². The fourth-order valence-electron chi connectivity index (χ4n) is 2.09. The summed E-state index contributed by atoms with van der Waals surface area (Å²) < 4.78 is 1.86. The normalized spacial score (nSPS) is 10.7. The van der Waals surface area contributed by atoms with Crippen molar-refractivity contribution in [2.24, 2.45) is 0 Å². The van der Waals surface area contributed by atoms with E-state index in [1.807, 2.05) is 28.7 Å². The summed E-state index contributed by atoms with van der Waals surface area (Å²) in [6.45, 7) is 4.02. The van der Waals surface area contributed by atoms with Crippen LogP contribution < -0.4 is 5.32 Å². The minimum Gasteiger partial charge on any atom is -0.349 e. The first-order chi connectivity index (χ1) is 9.31. The predicted molar refractivity (Wildman–Crippen MR) is 73.0 cm³/mol. The highest BCUT2D eigenvalue weighted by Gasteiger charge is 2.12. The summed E-state index contributed by atoms with van der Waals surface area (Å²) in [5, 5.41) is 11.5. The number of carbonyl (C=O) groups excluding carboxylic acids is 1. The lowest BCUT2D eigenvalue weighted by Gasteiger charge is -2.08. The molecule has 3 rings (SSSR count). The molecular weight excluding hydrogens is 240 g/mol. The van der Waals surface area contributed by atoms with Gasteiger partial charge >= 0.3 is 0 Å². The van der Waals surface area contributed by atoms with Gasteiger partial charge in [0.05, 0.1) is 11.1 Å². The topological polar surface area (TPSA) is 59.3 Å². The van der Waals surface area contributed by atoms with Crippen LogP contribution in [0.1, 0.15) is 10.4 Å². The molecule has 0 atom stereocenters. The van der Waals surface area contributed by atoms with Crippen LogP contribution in [0.5, 0.6) is 0 Å².